The molecular formula is C20H24N4O2S2. The number of para-hydroxylation sites is 1. The van der Waals surface area contributed by atoms with E-state index in [1.54, 1.807) is 11.3 Å². The second kappa shape index (κ2) is 9.52. The van der Waals surface area contributed by atoms with Gasteiger partial charge in [0.05, 0.1) is 21.0 Å². The average molecular weight is 417 g/mol. The first-order valence-corrected chi connectivity index (χ1v) is 11.7. The monoisotopic (exact) mass is 416 g/mol. The van der Waals surface area contributed by atoms with E-state index in [2.05, 4.69) is 26.6 Å². The highest BCUT2D eigenvalue weighted by Gasteiger charge is 2.16. The van der Waals surface area contributed by atoms with Crippen molar-refractivity contribution in [3.63, 3.8) is 0 Å². The van der Waals surface area contributed by atoms with Crippen LogP contribution >= 0.6 is 23.1 Å². The van der Waals surface area contributed by atoms with Crippen molar-refractivity contribution in [2.24, 2.45) is 0 Å². The van der Waals surface area contributed by atoms with E-state index in [9.17, 15) is 4.79 Å². The Morgan fingerprint density at radius 2 is 1.96 bits per heavy atom. The van der Waals surface area contributed by atoms with Crippen molar-refractivity contribution in [2.75, 3.05) is 5.75 Å². The van der Waals surface area contributed by atoms with Crippen LogP contribution in [-0.4, -0.2) is 32.9 Å². The molecule has 0 aliphatic heterocycles. The number of hydrogen-bond acceptors (Lipinski definition) is 7. The topological polar surface area (TPSA) is 80.9 Å². The second-order valence-electron chi connectivity index (χ2n) is 7.08. The highest BCUT2D eigenvalue weighted by atomic mass is 32.2. The van der Waals surface area contributed by atoms with Gasteiger partial charge in [-0.2, -0.15) is 0 Å². The molecule has 0 bridgehead atoms. The van der Waals surface area contributed by atoms with Gasteiger partial charge >= 0.3 is 0 Å². The lowest BCUT2D eigenvalue weighted by atomic mass is 10.1. The highest BCUT2D eigenvalue weighted by molar-refractivity contribution is 7.99. The third-order valence-electron chi connectivity index (χ3n) is 4.89. The van der Waals surface area contributed by atoms with E-state index in [0.29, 0.717) is 29.3 Å². The van der Waals surface area contributed by atoms with Crippen LogP contribution in [0, 0.1) is 0 Å². The van der Waals surface area contributed by atoms with Gasteiger partial charge in [0.15, 0.2) is 0 Å². The molecule has 1 amide bonds. The lowest BCUT2D eigenvalue weighted by molar-refractivity contribution is -0.119. The summed E-state index contributed by atoms with van der Waals surface area (Å²) in [4.78, 5) is 16.8. The summed E-state index contributed by atoms with van der Waals surface area (Å²) in [5.41, 5.74) is 1.03. The molecule has 1 aliphatic rings. The fourth-order valence-corrected chi connectivity index (χ4v) is 5.02. The van der Waals surface area contributed by atoms with Gasteiger partial charge in [-0.1, -0.05) is 49.6 Å². The van der Waals surface area contributed by atoms with E-state index in [0.717, 1.165) is 29.8 Å². The molecule has 4 rings (SSSR count). The zero-order chi connectivity index (χ0) is 19.2. The van der Waals surface area contributed by atoms with Gasteiger partial charge in [-0.25, -0.2) is 4.98 Å². The second-order valence-corrected chi connectivity index (χ2v) is 9.12. The third kappa shape index (κ3) is 5.32. The molecule has 2 heterocycles. The zero-order valence-corrected chi connectivity index (χ0v) is 17.4. The first-order chi connectivity index (χ1) is 13.8. The minimum absolute atomic E-state index is 0.0473. The van der Waals surface area contributed by atoms with Gasteiger partial charge in [-0.05, 0) is 25.0 Å². The minimum Gasteiger partial charge on any atom is -0.416 e. The fraction of sp³-hybridized carbons (Fsp3) is 0.500. The maximum Gasteiger partial charge on any atom is 0.277 e. The van der Waals surface area contributed by atoms with Crippen LogP contribution in [-0.2, 0) is 17.6 Å². The van der Waals surface area contributed by atoms with Crippen molar-refractivity contribution in [1.82, 2.24) is 20.5 Å². The molecule has 1 aliphatic carbocycles. The number of thiazole rings is 1. The highest BCUT2D eigenvalue weighted by Crippen LogP contribution is 2.23. The van der Waals surface area contributed by atoms with Crippen LogP contribution in [0.15, 0.2) is 33.9 Å². The molecule has 1 aromatic carbocycles. The molecule has 8 heteroatoms. The number of fused-ring (bicyclic) bond motifs is 1. The maximum atomic E-state index is 12.2. The molecule has 0 radical (unpaired) electrons. The molecule has 1 N–H and O–H groups in total. The number of nitrogens with zero attached hydrogens (tertiary/aromatic N) is 3. The van der Waals surface area contributed by atoms with Crippen molar-refractivity contribution in [3.05, 3.63) is 35.2 Å². The number of benzene rings is 1. The van der Waals surface area contributed by atoms with Crippen molar-refractivity contribution < 1.29 is 9.21 Å². The van der Waals surface area contributed by atoms with E-state index in [1.165, 1.54) is 42.1 Å². The van der Waals surface area contributed by atoms with Crippen molar-refractivity contribution in [2.45, 2.75) is 62.6 Å². The molecule has 148 valence electrons. The molecular weight excluding hydrogens is 392 g/mol. The Hall–Kier alpha value is -1.93. The van der Waals surface area contributed by atoms with Crippen LogP contribution in [0.25, 0.3) is 10.2 Å². The largest absolute Gasteiger partial charge is 0.416 e. The van der Waals surface area contributed by atoms with Gasteiger partial charge in [-0.3, -0.25) is 4.79 Å². The van der Waals surface area contributed by atoms with Crippen molar-refractivity contribution in [3.8, 4) is 0 Å². The molecule has 6 nitrogen and oxygen atoms in total. The van der Waals surface area contributed by atoms with Crippen LogP contribution < -0.4 is 5.32 Å². The molecule has 0 spiro atoms. The Labute approximate surface area is 172 Å². The van der Waals surface area contributed by atoms with Crippen LogP contribution in [0.3, 0.4) is 0 Å². The Morgan fingerprint density at radius 3 is 2.79 bits per heavy atom. The summed E-state index contributed by atoms with van der Waals surface area (Å²) in [5.74, 6) is 0.952. The normalized spacial score (nSPS) is 15.6. The number of nitrogens with one attached hydrogen (secondary N) is 1. The van der Waals surface area contributed by atoms with Crippen LogP contribution in [0.4, 0.5) is 0 Å². The standard InChI is InChI=1S/C20H24N4O2S2/c25-17(21-14-7-3-1-2-4-8-14)13-27-20-24-23-18(26-20)11-12-19-22-15-9-5-6-10-16(15)28-19/h5-6,9-10,14H,1-4,7-8,11-13H2,(H,21,25). The number of thioether (sulfide) groups is 1. The molecule has 3 aromatic rings. The number of amides is 1. The zero-order valence-electron chi connectivity index (χ0n) is 15.7. The Balaban J connectivity index is 1.23. The predicted octanol–water partition coefficient (Wildman–Crippen LogP) is 4.40. The number of aryl methyl sites for hydroxylation is 2. The van der Waals surface area contributed by atoms with Crippen LogP contribution in [0.5, 0.6) is 0 Å². The summed E-state index contributed by atoms with van der Waals surface area (Å²) in [6, 6.07) is 8.45. The third-order valence-corrected chi connectivity index (χ3v) is 6.80. The van der Waals surface area contributed by atoms with E-state index < -0.39 is 0 Å². The summed E-state index contributed by atoms with van der Waals surface area (Å²) in [6.07, 6.45) is 8.58. The Morgan fingerprint density at radius 1 is 1.14 bits per heavy atom. The van der Waals surface area contributed by atoms with Gasteiger partial charge in [0.2, 0.25) is 11.8 Å². The SMILES string of the molecule is O=C(CSc1nnc(CCc2nc3ccccc3s2)o1)NC1CCCCCC1. The van der Waals surface area contributed by atoms with Crippen molar-refractivity contribution >= 4 is 39.2 Å². The van der Waals surface area contributed by atoms with Gasteiger partial charge in [0, 0.05) is 18.9 Å². The summed E-state index contributed by atoms with van der Waals surface area (Å²) in [5, 5.41) is 12.8. The number of carbonyl (C=O) groups is 1. The van der Waals surface area contributed by atoms with Gasteiger partial charge in [0.25, 0.3) is 5.22 Å². The molecule has 1 fully saturated rings. The Kier molecular flexibility index (Phi) is 6.59. The molecule has 0 atom stereocenters. The number of carbonyl (C=O) groups excluding carboxylic acids is 1. The van der Waals surface area contributed by atoms with E-state index in [-0.39, 0.29) is 5.91 Å². The molecule has 0 unspecified atom stereocenters. The van der Waals surface area contributed by atoms with E-state index in [4.69, 9.17) is 4.42 Å². The van der Waals surface area contributed by atoms with Gasteiger partial charge < -0.3 is 9.73 Å². The average Bonchev–Trinajstić information content (AvgIpc) is 3.25. The minimum atomic E-state index is 0.0473. The Bertz CT molecular complexity index is 883. The van der Waals surface area contributed by atoms with Crippen LogP contribution in [0.1, 0.15) is 49.4 Å². The summed E-state index contributed by atoms with van der Waals surface area (Å²) >= 11 is 3.00. The van der Waals surface area contributed by atoms with E-state index in [1.807, 2.05) is 18.2 Å². The van der Waals surface area contributed by atoms with Gasteiger partial charge in [0.1, 0.15) is 0 Å². The van der Waals surface area contributed by atoms with E-state index >= 15 is 0 Å². The molecule has 28 heavy (non-hydrogen) atoms. The molecule has 2 aromatic heterocycles. The van der Waals surface area contributed by atoms with Crippen molar-refractivity contribution in [1.29, 1.82) is 0 Å². The maximum absolute atomic E-state index is 12.2. The number of rotatable bonds is 7. The lowest BCUT2D eigenvalue weighted by Gasteiger charge is -2.15. The van der Waals surface area contributed by atoms with Gasteiger partial charge in [-0.15, -0.1) is 21.5 Å². The number of aromatic nitrogens is 3. The number of hydrogen-bond donors (Lipinski definition) is 1. The lowest BCUT2D eigenvalue weighted by Crippen LogP contribution is -2.35. The predicted molar refractivity (Wildman–Crippen MR) is 112 cm³/mol. The first kappa shape index (κ1) is 19.4. The summed E-state index contributed by atoms with van der Waals surface area (Å²) in [7, 11) is 0. The summed E-state index contributed by atoms with van der Waals surface area (Å²) in [6.45, 7) is 0. The fourth-order valence-electron chi connectivity index (χ4n) is 3.46. The quantitative estimate of drug-likeness (QED) is 0.454. The molecule has 1 saturated carbocycles. The summed E-state index contributed by atoms with van der Waals surface area (Å²) < 4.78 is 6.87. The van der Waals surface area contributed by atoms with Crippen LogP contribution in [0.2, 0.25) is 0 Å². The first-order valence-electron chi connectivity index (χ1n) is 9.85. The molecule has 0 saturated heterocycles. The smallest absolute Gasteiger partial charge is 0.277 e.